The van der Waals surface area contributed by atoms with Crippen LogP contribution in [0.25, 0.3) is 5.69 Å². The lowest BCUT2D eigenvalue weighted by atomic mass is 9.84. The number of nitrogens with one attached hydrogen (secondary N) is 1. The predicted molar refractivity (Wildman–Crippen MR) is 142 cm³/mol. The van der Waals surface area contributed by atoms with Crippen LogP contribution in [0.15, 0.2) is 47.6 Å². The van der Waals surface area contributed by atoms with Gasteiger partial charge in [-0.05, 0) is 48.4 Å². The molecule has 3 rings (SSSR count). The van der Waals surface area contributed by atoms with Crippen molar-refractivity contribution in [1.82, 2.24) is 20.1 Å². The Morgan fingerprint density at radius 2 is 1.91 bits per heavy atom. The van der Waals surface area contributed by atoms with Crippen LogP contribution in [0.3, 0.4) is 0 Å². The number of hydrogen-bond donors (Lipinski definition) is 1. The third kappa shape index (κ3) is 7.76. The SMILES string of the molecule is Cc1cccc(CSc2nnc(CNC(=O)CC(C)CC(C)(C)C)n2-c2cc(Cl)ccc2Cl)c1. The van der Waals surface area contributed by atoms with Crippen LogP contribution in [-0.2, 0) is 17.1 Å². The minimum atomic E-state index is -0.00236. The molecule has 5 nitrogen and oxygen atoms in total. The molecule has 8 heteroatoms. The highest BCUT2D eigenvalue weighted by Gasteiger charge is 2.20. The van der Waals surface area contributed by atoms with Crippen LogP contribution in [0.4, 0.5) is 0 Å². The van der Waals surface area contributed by atoms with Gasteiger partial charge in [0.25, 0.3) is 0 Å². The average molecular weight is 520 g/mol. The number of rotatable bonds is 9. The van der Waals surface area contributed by atoms with Crippen molar-refractivity contribution in [3.63, 3.8) is 0 Å². The van der Waals surface area contributed by atoms with Gasteiger partial charge in [0.1, 0.15) is 0 Å². The number of hydrogen-bond acceptors (Lipinski definition) is 4. The third-order valence-corrected chi connectivity index (χ3v) is 6.79. The fourth-order valence-electron chi connectivity index (χ4n) is 4.04. The summed E-state index contributed by atoms with van der Waals surface area (Å²) in [6.07, 6.45) is 1.45. The van der Waals surface area contributed by atoms with Crippen molar-refractivity contribution in [3.05, 3.63) is 69.5 Å². The van der Waals surface area contributed by atoms with Gasteiger partial charge in [-0.1, -0.05) is 92.5 Å². The number of aryl methyl sites for hydroxylation is 1. The van der Waals surface area contributed by atoms with Gasteiger partial charge in [-0.15, -0.1) is 10.2 Å². The lowest BCUT2D eigenvalue weighted by molar-refractivity contribution is -0.122. The number of carbonyl (C=O) groups excluding carboxylic acids is 1. The van der Waals surface area contributed by atoms with Gasteiger partial charge >= 0.3 is 0 Å². The minimum Gasteiger partial charge on any atom is -0.349 e. The van der Waals surface area contributed by atoms with E-state index in [-0.39, 0.29) is 17.9 Å². The first-order valence-electron chi connectivity index (χ1n) is 11.4. The van der Waals surface area contributed by atoms with Crippen molar-refractivity contribution in [2.24, 2.45) is 11.3 Å². The second-order valence-corrected chi connectivity index (χ2v) is 11.7. The van der Waals surface area contributed by atoms with Crippen LogP contribution in [0.5, 0.6) is 0 Å². The van der Waals surface area contributed by atoms with Gasteiger partial charge in [-0.25, -0.2) is 0 Å². The zero-order chi connectivity index (χ0) is 24.9. The summed E-state index contributed by atoms with van der Waals surface area (Å²) in [5, 5.41) is 13.6. The van der Waals surface area contributed by atoms with Gasteiger partial charge in [-0.2, -0.15) is 0 Å². The average Bonchev–Trinajstić information content (AvgIpc) is 3.13. The molecular weight excluding hydrogens is 487 g/mol. The Balaban J connectivity index is 1.80. The Hall–Kier alpha value is -2.02. The molecular formula is C26H32Cl2N4OS. The molecule has 1 atom stereocenters. The molecule has 1 unspecified atom stereocenters. The second kappa shape index (κ2) is 11.6. The monoisotopic (exact) mass is 518 g/mol. The van der Waals surface area contributed by atoms with Gasteiger partial charge in [-0.3, -0.25) is 9.36 Å². The van der Waals surface area contributed by atoms with Crippen LogP contribution in [-0.4, -0.2) is 20.7 Å². The number of thioether (sulfide) groups is 1. The summed E-state index contributed by atoms with van der Waals surface area (Å²) in [6.45, 7) is 11.0. The summed E-state index contributed by atoms with van der Waals surface area (Å²) in [4.78, 5) is 12.6. The van der Waals surface area contributed by atoms with Crippen LogP contribution in [0.1, 0.15) is 57.5 Å². The molecule has 34 heavy (non-hydrogen) atoms. The molecule has 0 aliphatic heterocycles. The van der Waals surface area contributed by atoms with Gasteiger partial charge < -0.3 is 5.32 Å². The van der Waals surface area contributed by atoms with E-state index >= 15 is 0 Å². The molecule has 0 fully saturated rings. The molecule has 0 aliphatic carbocycles. The molecule has 0 radical (unpaired) electrons. The first-order chi connectivity index (χ1) is 16.0. The standard InChI is InChI=1S/C26H32Cl2N4OS/c1-17-7-6-8-19(11-17)16-34-25-31-30-23(32(25)22-13-20(27)9-10-21(22)28)15-29-24(33)12-18(2)14-26(3,4)5/h6-11,13,18H,12,14-16H2,1-5H3,(H,29,33). The lowest BCUT2D eigenvalue weighted by Gasteiger charge is -2.22. The second-order valence-electron chi connectivity index (χ2n) is 9.96. The summed E-state index contributed by atoms with van der Waals surface area (Å²) in [5.74, 6) is 1.63. The molecule has 3 aromatic rings. The van der Waals surface area contributed by atoms with Crippen molar-refractivity contribution in [2.75, 3.05) is 0 Å². The molecule has 1 heterocycles. The molecule has 0 aliphatic rings. The largest absolute Gasteiger partial charge is 0.349 e. The molecule has 1 N–H and O–H groups in total. The van der Waals surface area contributed by atoms with E-state index in [1.165, 1.54) is 11.1 Å². The minimum absolute atomic E-state index is 0.00236. The zero-order valence-electron chi connectivity index (χ0n) is 20.4. The van der Waals surface area contributed by atoms with Crippen LogP contribution >= 0.6 is 35.0 Å². The summed E-state index contributed by atoms with van der Waals surface area (Å²) in [6, 6.07) is 13.7. The predicted octanol–water partition coefficient (Wildman–Crippen LogP) is 7.25. The van der Waals surface area contributed by atoms with E-state index in [2.05, 4.69) is 68.3 Å². The summed E-state index contributed by atoms with van der Waals surface area (Å²) < 4.78 is 1.88. The Bertz CT molecular complexity index is 1140. The van der Waals surface area contributed by atoms with Crippen LogP contribution < -0.4 is 5.32 Å². The zero-order valence-corrected chi connectivity index (χ0v) is 22.7. The van der Waals surface area contributed by atoms with Crippen molar-refractivity contribution in [2.45, 2.75) is 64.9 Å². The highest BCUT2D eigenvalue weighted by Crippen LogP contribution is 2.31. The quantitative estimate of drug-likeness (QED) is 0.303. The van der Waals surface area contributed by atoms with Crippen LogP contribution in [0, 0.1) is 18.3 Å². The van der Waals surface area contributed by atoms with Gasteiger partial charge in [0.2, 0.25) is 5.91 Å². The van der Waals surface area contributed by atoms with E-state index in [4.69, 9.17) is 23.2 Å². The molecule has 2 aromatic carbocycles. The fourth-order valence-corrected chi connectivity index (χ4v) is 5.32. The number of halogens is 2. The molecule has 0 saturated carbocycles. The Morgan fingerprint density at radius 1 is 1.15 bits per heavy atom. The Morgan fingerprint density at radius 3 is 2.62 bits per heavy atom. The summed E-state index contributed by atoms with van der Waals surface area (Å²) in [5.41, 5.74) is 3.28. The number of amides is 1. The molecule has 1 aromatic heterocycles. The van der Waals surface area contributed by atoms with Crippen molar-refractivity contribution < 1.29 is 4.79 Å². The first-order valence-corrected chi connectivity index (χ1v) is 13.1. The van der Waals surface area contributed by atoms with Gasteiger partial charge in [0, 0.05) is 17.2 Å². The lowest BCUT2D eigenvalue weighted by Crippen LogP contribution is -2.27. The van der Waals surface area contributed by atoms with Crippen LogP contribution in [0.2, 0.25) is 10.0 Å². The van der Waals surface area contributed by atoms with E-state index in [9.17, 15) is 4.79 Å². The maximum absolute atomic E-state index is 12.6. The topological polar surface area (TPSA) is 59.8 Å². The third-order valence-electron chi connectivity index (χ3n) is 5.24. The molecule has 0 spiro atoms. The van der Waals surface area contributed by atoms with E-state index in [1.54, 1.807) is 30.0 Å². The highest BCUT2D eigenvalue weighted by atomic mass is 35.5. The maximum atomic E-state index is 12.6. The van der Waals surface area contributed by atoms with E-state index in [0.29, 0.717) is 39.1 Å². The Kier molecular flexibility index (Phi) is 9.07. The van der Waals surface area contributed by atoms with Gasteiger partial charge in [0.15, 0.2) is 11.0 Å². The summed E-state index contributed by atoms with van der Waals surface area (Å²) >= 11 is 14.4. The van der Waals surface area contributed by atoms with E-state index < -0.39 is 0 Å². The first kappa shape index (κ1) is 26.6. The number of nitrogens with zero attached hydrogens (tertiary/aromatic N) is 3. The van der Waals surface area contributed by atoms with Gasteiger partial charge in [0.05, 0.1) is 17.3 Å². The highest BCUT2D eigenvalue weighted by molar-refractivity contribution is 7.98. The number of carbonyl (C=O) groups is 1. The summed E-state index contributed by atoms with van der Waals surface area (Å²) in [7, 11) is 0. The van der Waals surface area contributed by atoms with Crippen molar-refractivity contribution in [1.29, 1.82) is 0 Å². The molecule has 182 valence electrons. The smallest absolute Gasteiger partial charge is 0.220 e. The Labute approximate surface area is 216 Å². The normalized spacial score (nSPS) is 12.6. The molecule has 0 bridgehead atoms. The number of aromatic nitrogens is 3. The molecule has 0 saturated heterocycles. The van der Waals surface area contributed by atoms with Crippen molar-refractivity contribution in [3.8, 4) is 5.69 Å². The number of benzene rings is 2. The van der Waals surface area contributed by atoms with Crippen molar-refractivity contribution >= 4 is 40.9 Å². The van der Waals surface area contributed by atoms with E-state index in [0.717, 1.165) is 12.2 Å². The molecule has 1 amide bonds. The van der Waals surface area contributed by atoms with E-state index in [1.807, 2.05) is 10.6 Å². The maximum Gasteiger partial charge on any atom is 0.220 e. The fraction of sp³-hybridized carbons (Fsp3) is 0.423.